The number of carbonyl (C=O) groups is 1. The first-order valence-corrected chi connectivity index (χ1v) is 6.98. The maximum Gasteiger partial charge on any atom is 0.258 e. The second-order valence-corrected chi connectivity index (χ2v) is 5.07. The Hall–Kier alpha value is -2.66. The van der Waals surface area contributed by atoms with Gasteiger partial charge in [0.25, 0.3) is 5.89 Å². The first-order valence-electron chi connectivity index (χ1n) is 6.60. The molecule has 1 heterocycles. The molecule has 22 heavy (non-hydrogen) atoms. The smallest absolute Gasteiger partial charge is 0.258 e. The molecule has 0 unspecified atom stereocenters. The molecule has 3 rings (SSSR count). The molecular weight excluding hydrogens is 302 g/mol. The maximum absolute atomic E-state index is 11.0. The van der Waals surface area contributed by atoms with E-state index >= 15 is 0 Å². The Morgan fingerprint density at radius 2 is 1.86 bits per heavy atom. The number of nitrogens with one attached hydrogen (secondary N) is 1. The van der Waals surface area contributed by atoms with Crippen LogP contribution in [-0.2, 0) is 4.79 Å². The van der Waals surface area contributed by atoms with Gasteiger partial charge in [0.05, 0.1) is 5.02 Å². The van der Waals surface area contributed by atoms with Gasteiger partial charge in [-0.05, 0) is 36.4 Å². The molecule has 1 N–H and O–H groups in total. The lowest BCUT2D eigenvalue weighted by molar-refractivity contribution is -0.114. The van der Waals surface area contributed by atoms with Crippen LogP contribution in [0.4, 0.5) is 5.69 Å². The predicted molar refractivity (Wildman–Crippen MR) is 84.5 cm³/mol. The Labute approximate surface area is 131 Å². The number of anilines is 1. The van der Waals surface area contributed by atoms with E-state index < -0.39 is 0 Å². The van der Waals surface area contributed by atoms with Crippen molar-refractivity contribution in [3.8, 4) is 22.8 Å². The normalized spacial score (nSPS) is 10.5. The fourth-order valence-corrected chi connectivity index (χ4v) is 2.21. The molecule has 1 amide bonds. The summed E-state index contributed by atoms with van der Waals surface area (Å²) in [6, 6.07) is 14.5. The Morgan fingerprint density at radius 3 is 2.55 bits per heavy atom. The van der Waals surface area contributed by atoms with Crippen LogP contribution in [0.25, 0.3) is 22.8 Å². The minimum atomic E-state index is -0.119. The van der Waals surface area contributed by atoms with E-state index in [1.54, 1.807) is 30.3 Å². The van der Waals surface area contributed by atoms with Crippen LogP contribution in [0.3, 0.4) is 0 Å². The Morgan fingerprint density at radius 1 is 1.14 bits per heavy atom. The number of halogens is 1. The van der Waals surface area contributed by atoms with Crippen molar-refractivity contribution in [1.82, 2.24) is 10.1 Å². The van der Waals surface area contributed by atoms with Crippen molar-refractivity contribution in [1.29, 1.82) is 0 Å². The van der Waals surface area contributed by atoms with Crippen LogP contribution in [0.1, 0.15) is 6.92 Å². The average molecular weight is 314 g/mol. The van der Waals surface area contributed by atoms with Crippen molar-refractivity contribution >= 4 is 23.2 Å². The lowest BCUT2D eigenvalue weighted by atomic mass is 10.2. The monoisotopic (exact) mass is 313 g/mol. The number of hydrogen-bond donors (Lipinski definition) is 1. The standard InChI is InChI=1S/C16H12ClN3O2/c1-10(21)18-12-8-6-11(7-9-12)16-19-15(20-22-16)13-4-2-3-5-14(13)17/h2-9H,1H3,(H,18,21). The van der Waals surface area contributed by atoms with Crippen LogP contribution >= 0.6 is 11.6 Å². The summed E-state index contributed by atoms with van der Waals surface area (Å²) in [5.41, 5.74) is 2.19. The van der Waals surface area contributed by atoms with E-state index in [0.29, 0.717) is 28.0 Å². The van der Waals surface area contributed by atoms with Crippen molar-refractivity contribution in [2.24, 2.45) is 0 Å². The zero-order valence-electron chi connectivity index (χ0n) is 11.7. The Balaban J connectivity index is 1.88. The molecule has 0 aliphatic rings. The SMILES string of the molecule is CC(=O)Nc1ccc(-c2nc(-c3ccccc3Cl)no2)cc1. The summed E-state index contributed by atoms with van der Waals surface area (Å²) < 4.78 is 5.27. The van der Waals surface area contributed by atoms with Gasteiger partial charge in [-0.25, -0.2) is 0 Å². The van der Waals surface area contributed by atoms with Crippen molar-refractivity contribution in [3.05, 3.63) is 53.6 Å². The molecule has 0 fully saturated rings. The van der Waals surface area contributed by atoms with Gasteiger partial charge in [0.15, 0.2) is 0 Å². The Kier molecular flexibility index (Phi) is 3.89. The number of carbonyl (C=O) groups excluding carboxylic acids is 1. The van der Waals surface area contributed by atoms with Crippen molar-refractivity contribution < 1.29 is 9.32 Å². The number of nitrogens with zero attached hydrogens (tertiary/aromatic N) is 2. The third-order valence-electron chi connectivity index (χ3n) is 2.99. The summed E-state index contributed by atoms with van der Waals surface area (Å²) in [7, 11) is 0. The lowest BCUT2D eigenvalue weighted by Gasteiger charge is -2.01. The van der Waals surface area contributed by atoms with Crippen LogP contribution in [0, 0.1) is 0 Å². The number of hydrogen-bond acceptors (Lipinski definition) is 4. The fraction of sp³-hybridized carbons (Fsp3) is 0.0625. The predicted octanol–water partition coefficient (Wildman–Crippen LogP) is 4.02. The Bertz CT molecular complexity index is 812. The third kappa shape index (κ3) is 2.99. The number of amides is 1. The van der Waals surface area contributed by atoms with Gasteiger partial charge in [-0.1, -0.05) is 28.9 Å². The summed E-state index contributed by atoms with van der Waals surface area (Å²) in [4.78, 5) is 15.3. The van der Waals surface area contributed by atoms with E-state index in [0.717, 1.165) is 5.56 Å². The molecular formula is C16H12ClN3O2. The highest BCUT2D eigenvalue weighted by atomic mass is 35.5. The van der Waals surface area contributed by atoms with Crippen LogP contribution in [0.2, 0.25) is 5.02 Å². The first kappa shape index (κ1) is 14.3. The van der Waals surface area contributed by atoms with E-state index in [1.807, 2.05) is 18.2 Å². The molecule has 0 aliphatic heterocycles. The van der Waals surface area contributed by atoms with Crippen LogP contribution < -0.4 is 5.32 Å². The molecule has 0 bridgehead atoms. The molecule has 0 aliphatic carbocycles. The molecule has 0 atom stereocenters. The quantitative estimate of drug-likeness (QED) is 0.793. The molecule has 0 spiro atoms. The van der Waals surface area contributed by atoms with E-state index in [1.165, 1.54) is 6.92 Å². The van der Waals surface area contributed by atoms with Crippen molar-refractivity contribution in [3.63, 3.8) is 0 Å². The van der Waals surface area contributed by atoms with Gasteiger partial charge in [-0.2, -0.15) is 4.98 Å². The molecule has 0 saturated heterocycles. The molecule has 0 radical (unpaired) electrons. The van der Waals surface area contributed by atoms with Crippen molar-refractivity contribution in [2.45, 2.75) is 6.92 Å². The molecule has 6 heteroatoms. The third-order valence-corrected chi connectivity index (χ3v) is 3.32. The minimum Gasteiger partial charge on any atom is -0.334 e. The average Bonchev–Trinajstić information content (AvgIpc) is 2.97. The molecule has 1 aromatic heterocycles. The summed E-state index contributed by atoms with van der Waals surface area (Å²) in [6.45, 7) is 1.46. The molecule has 0 saturated carbocycles. The van der Waals surface area contributed by atoms with E-state index in [4.69, 9.17) is 16.1 Å². The summed E-state index contributed by atoms with van der Waals surface area (Å²) in [5.74, 6) is 0.711. The maximum atomic E-state index is 11.0. The summed E-state index contributed by atoms with van der Waals surface area (Å²) in [5, 5.41) is 7.22. The second kappa shape index (κ2) is 5.99. The van der Waals surface area contributed by atoms with Gasteiger partial charge >= 0.3 is 0 Å². The van der Waals surface area contributed by atoms with Crippen molar-refractivity contribution in [2.75, 3.05) is 5.32 Å². The summed E-state index contributed by atoms with van der Waals surface area (Å²) >= 11 is 6.12. The molecule has 5 nitrogen and oxygen atoms in total. The number of aromatic nitrogens is 2. The first-order chi connectivity index (χ1) is 10.6. The number of rotatable bonds is 3. The van der Waals surface area contributed by atoms with E-state index in [2.05, 4.69) is 15.5 Å². The highest BCUT2D eigenvalue weighted by Crippen LogP contribution is 2.27. The molecule has 110 valence electrons. The van der Waals surface area contributed by atoms with Gasteiger partial charge in [-0.3, -0.25) is 4.79 Å². The molecule has 2 aromatic carbocycles. The summed E-state index contributed by atoms with van der Waals surface area (Å²) in [6.07, 6.45) is 0. The van der Waals surface area contributed by atoms with E-state index in [-0.39, 0.29) is 5.91 Å². The minimum absolute atomic E-state index is 0.119. The second-order valence-electron chi connectivity index (χ2n) is 4.66. The van der Waals surface area contributed by atoms with Gasteiger partial charge in [-0.15, -0.1) is 0 Å². The molecule has 3 aromatic rings. The van der Waals surface area contributed by atoms with Gasteiger partial charge in [0.1, 0.15) is 0 Å². The lowest BCUT2D eigenvalue weighted by Crippen LogP contribution is -2.05. The van der Waals surface area contributed by atoms with Gasteiger partial charge < -0.3 is 9.84 Å². The van der Waals surface area contributed by atoms with Gasteiger partial charge in [0, 0.05) is 23.7 Å². The topological polar surface area (TPSA) is 68.0 Å². The van der Waals surface area contributed by atoms with Crippen LogP contribution in [0.5, 0.6) is 0 Å². The zero-order chi connectivity index (χ0) is 15.5. The van der Waals surface area contributed by atoms with Crippen LogP contribution in [-0.4, -0.2) is 16.0 Å². The van der Waals surface area contributed by atoms with E-state index in [9.17, 15) is 4.79 Å². The fourth-order valence-electron chi connectivity index (χ4n) is 1.99. The highest BCUT2D eigenvalue weighted by Gasteiger charge is 2.12. The van der Waals surface area contributed by atoms with Crippen LogP contribution in [0.15, 0.2) is 53.1 Å². The van der Waals surface area contributed by atoms with Gasteiger partial charge in [0.2, 0.25) is 11.7 Å². The number of benzene rings is 2. The zero-order valence-corrected chi connectivity index (χ0v) is 12.5. The largest absolute Gasteiger partial charge is 0.334 e. The highest BCUT2D eigenvalue weighted by molar-refractivity contribution is 6.33.